The topological polar surface area (TPSA) is 368 Å². The molecule has 712 valence electrons. The molecule has 2 aliphatic heterocycles. The Morgan fingerprint density at radius 1 is 0.448 bits per heavy atom. The second-order valence-corrected chi connectivity index (χ2v) is 544. The van der Waals surface area contributed by atoms with Crippen molar-refractivity contribution >= 4 is 521 Å². The Labute approximate surface area is 969 Å². The molecule has 3 aromatic heterocycles. The van der Waals surface area contributed by atoms with Gasteiger partial charge in [0.15, 0.2) is 23.1 Å². The van der Waals surface area contributed by atoms with Crippen LogP contribution in [0.15, 0.2) is 110 Å². The third-order valence-corrected chi connectivity index (χ3v) is 1170. The molecule has 2 fully saturated rings. The molecule has 1 amide bonds. The van der Waals surface area contributed by atoms with Gasteiger partial charge >= 0.3 is 470 Å². The number of hydrogen-bond acceptors (Lipinski definition) is 20. The van der Waals surface area contributed by atoms with E-state index in [9.17, 15) is 62.3 Å². The summed E-state index contributed by atoms with van der Waals surface area (Å²) < 4.78 is 19.5. The monoisotopic (exact) mass is 5170 g/mol. The van der Waals surface area contributed by atoms with Crippen molar-refractivity contribution in [3.05, 3.63) is 188 Å². The number of carbonyl (C=O) groups is 10. The summed E-state index contributed by atoms with van der Waals surface area (Å²) in [5, 5.41) is 32.0. The third-order valence-electron chi connectivity index (χ3n) is 15.6. The van der Waals surface area contributed by atoms with Gasteiger partial charge < -0.3 is 29.0 Å². The number of ether oxygens (including phenoxy) is 4. The first kappa shape index (κ1) is 135. The number of rotatable bonds is 22. The molecule has 5 heterocycles. The predicted octanol–water partition coefficient (Wildman–Crippen LogP) is 28.8. The molecule has 2 aliphatic rings. The molecule has 2 unspecified atom stereocenters. The number of fused-ring (bicyclic) bond motifs is 5. The molecular formula is C69H74BrI30N7O18-2. The van der Waals surface area contributed by atoms with Crippen LogP contribution in [-0.4, -0.2) is 139 Å². The van der Waals surface area contributed by atoms with Crippen LogP contribution in [0.25, 0.3) is 32.3 Å². The SMILES string of the molecule is CCC(=O)OC(=O)CC.CCC(=O)c1cc(C(C)=O)ccc1C(=O)OC.CCc1n[nH]c(=O)c2ccc(C(=O)N3C4CCC3COC4)cc12.CCc1n[nH]c(=O)c2ccc(C(=O)O)cc12.CCc1n[nH]c(=O)c2ccc(C(C)=O)cc12.COC(=O)c1ccc(C(C)=O)cc1Br.II(I)I(I)I.II(I)I(I)I(I)I.I[I-]I(I)I(I)I.I[I-]I(I)I(I)I(I)I. The Hall–Kier alpha value is 11.6. The van der Waals surface area contributed by atoms with Gasteiger partial charge in [0.1, 0.15) is 0 Å². The molecular weight excluding hydrogens is 5100 g/mol. The average Bonchev–Trinajstić information content (AvgIpc) is 1.66. The number of carboxylic acid groups (broad SMARTS) is 1. The van der Waals surface area contributed by atoms with E-state index < -0.39 is 29.8 Å². The Kier molecular flexibility index (Phi) is 81.0. The van der Waals surface area contributed by atoms with Crippen molar-refractivity contribution in [1.29, 1.82) is 0 Å². The van der Waals surface area contributed by atoms with E-state index in [1.807, 2.05) is 31.7 Å². The summed E-state index contributed by atoms with van der Waals surface area (Å²) >= 11 is 53.4. The van der Waals surface area contributed by atoms with Gasteiger partial charge in [0.25, 0.3) is 22.6 Å². The maximum atomic E-state index is 13.0. The summed E-state index contributed by atoms with van der Waals surface area (Å²) in [7, 11) is -0.292. The Balaban J connectivity index is 0.000000713. The van der Waals surface area contributed by atoms with E-state index in [1.54, 1.807) is 69.3 Å². The van der Waals surface area contributed by atoms with Crippen LogP contribution in [-0.2, 0) is 47.8 Å². The third kappa shape index (κ3) is 50.6. The van der Waals surface area contributed by atoms with Crippen LogP contribution in [0.1, 0.15) is 194 Å². The second kappa shape index (κ2) is 75.3. The predicted molar refractivity (Wildman–Crippen MR) is 748 cm³/mol. The van der Waals surface area contributed by atoms with Crippen molar-refractivity contribution in [2.24, 2.45) is 0 Å². The van der Waals surface area contributed by atoms with Crippen LogP contribution >= 0.6 is 430 Å². The van der Waals surface area contributed by atoms with Gasteiger partial charge in [-0.2, -0.15) is 15.3 Å². The summed E-state index contributed by atoms with van der Waals surface area (Å²) in [5.74, 6) is -3.27. The fourth-order valence-corrected chi connectivity index (χ4v) is 1270. The summed E-state index contributed by atoms with van der Waals surface area (Å²) in [6, 6.07) is 24.3. The number of nitrogens with one attached hydrogen (secondary N) is 3. The van der Waals surface area contributed by atoms with Gasteiger partial charge in [-0.3, -0.25) is 47.9 Å². The van der Waals surface area contributed by atoms with Crippen LogP contribution in [0.2, 0.25) is 0 Å². The number of morpholine rings is 1. The van der Waals surface area contributed by atoms with Gasteiger partial charge in [-0.25, -0.2) is 29.7 Å². The number of methoxy groups -OCH3 is 2. The van der Waals surface area contributed by atoms with E-state index in [2.05, 4.69) is 396 Å². The van der Waals surface area contributed by atoms with E-state index in [-0.39, 0.29) is 173 Å². The number of H-pyrrole nitrogens is 3. The Morgan fingerprint density at radius 3 is 1.10 bits per heavy atom. The molecule has 0 saturated carbocycles. The number of hydrogen-bond donors (Lipinski definition) is 4. The number of halogens is 31. The zero-order valence-corrected chi connectivity index (χ0v) is 132. The molecule has 8 aromatic rings. The molecule has 2 atom stereocenters. The normalized spacial score (nSPS) is 13.6. The van der Waals surface area contributed by atoms with Crippen LogP contribution in [0.4, 0.5) is 0 Å². The first-order valence-corrected chi connectivity index (χ1v) is 198. The standard InChI is InChI=1S/C17H19N3O3.C13H14O4.C12H12N2O2.C11H10N2O3.C10H9BrO3.C6H10O3.I9.I8.I7.I6/c1-2-15-14-7-10(3-6-13(14)16(21)19-18-15)17(22)20-11-4-5-12(20)9-23-8-11;1-4-12(15)11-7-9(8(2)14)5-6-10(11)13(16)17-3;1-3-11-10-6-8(7(2)15)4-5-9(10)12(16)14-13-11;1-2-9-8-5-6(11(15)16)3-4-7(8)10(14)13-12-9;1-6(12)7-3-4-8(9(11)5-7)10(13)14-2;1-3-5(7)9-6(8)4-2;1-6-8(4)9(5)7(2)3;1-6(2)8(5)7(3)4;1-5-7(4)6(2)3;1-5(2)6(3)4/h3,6-7,11-12H,2,4-5,8-9H2,1H3,(H,19,21);5-7H,4H2,1-3H3;4-6H,3H2,1-2H3,(H,14,16);3-5H,2H2,1H3,(H,13,14)(H,15,16);3-5H,1-2H3;3-4H2,1-2H3;;;;/q;;;;;;-1;;-1;. The van der Waals surface area contributed by atoms with Gasteiger partial charge in [-0.1, -0.05) is 59.7 Å². The molecule has 25 nitrogen and oxygen atoms in total. The fraction of sp³-hybridized carbons (Fsp3) is 0.333. The number of carbonyl (C=O) groups excluding carboxylic acids is 9. The zero-order chi connectivity index (χ0) is 95.6. The first-order valence-electron chi connectivity index (χ1n) is 34.0. The molecule has 2 bridgehead atoms. The van der Waals surface area contributed by atoms with E-state index in [1.165, 1.54) is 71.4 Å². The van der Waals surface area contributed by atoms with Gasteiger partial charge in [-0.05, 0) is 142 Å². The summed E-state index contributed by atoms with van der Waals surface area (Å²) in [5.41, 5.74) is 4.78. The number of aryl methyl sites for hydroxylation is 3. The molecule has 0 aliphatic carbocycles. The van der Waals surface area contributed by atoms with Crippen molar-refractivity contribution in [1.82, 2.24) is 35.5 Å². The van der Waals surface area contributed by atoms with Crippen LogP contribution in [0, 0.1) is 0 Å². The minimum absolute atomic E-state index is 0.00997. The molecule has 56 heteroatoms. The van der Waals surface area contributed by atoms with Crippen molar-refractivity contribution in [2.75, 3.05) is 27.4 Å². The number of Topliss-reactive ketones (excluding diaryl/α,β-unsaturated/α-hetero) is 4. The molecule has 0 radical (unpaired) electrons. The van der Waals surface area contributed by atoms with Crippen LogP contribution in [0.3, 0.4) is 0 Å². The quantitative estimate of drug-likeness (QED) is 0.0161. The van der Waals surface area contributed by atoms with Crippen LogP contribution in [0.5, 0.6) is 0 Å². The molecule has 2 saturated heterocycles. The Morgan fingerprint density at radius 2 is 0.792 bits per heavy atom. The van der Waals surface area contributed by atoms with E-state index in [0.29, 0.717) is 119 Å². The molecule has 10 rings (SSSR count). The zero-order valence-electron chi connectivity index (χ0n) is 65.8. The van der Waals surface area contributed by atoms with E-state index in [0.717, 1.165) is 35.0 Å². The number of ketones is 4. The minimum atomic E-state index is -1.01. The molecule has 5 aromatic carbocycles. The van der Waals surface area contributed by atoms with Gasteiger partial charge in [0.2, 0.25) is 0 Å². The fourth-order valence-electron chi connectivity index (χ4n) is 9.91. The number of aromatic amines is 3. The second-order valence-electron chi connectivity index (χ2n) is 22.9. The number of nitrogens with zero attached hydrogens (tertiary/aromatic N) is 4. The van der Waals surface area contributed by atoms with Crippen molar-refractivity contribution in [2.45, 2.75) is 126 Å². The average molecular weight is 5180 g/mol. The number of esters is 4. The van der Waals surface area contributed by atoms with E-state index >= 15 is 0 Å². The van der Waals surface area contributed by atoms with Gasteiger partial charge in [0.05, 0.1) is 89.4 Å². The number of benzene rings is 5. The van der Waals surface area contributed by atoms with Gasteiger partial charge in [0, 0.05) is 67.7 Å². The molecule has 125 heavy (non-hydrogen) atoms. The number of carboxylic acids is 1. The maximum absolute atomic E-state index is 13.0. The number of amides is 1. The van der Waals surface area contributed by atoms with Crippen molar-refractivity contribution in [3.63, 3.8) is 0 Å². The van der Waals surface area contributed by atoms with E-state index in [4.69, 9.17) is 9.84 Å². The summed E-state index contributed by atoms with van der Waals surface area (Å²) in [6.45, 7) is 16.5. The number of aromatic carboxylic acids is 1. The Bertz CT molecular complexity index is 4970. The van der Waals surface area contributed by atoms with Crippen molar-refractivity contribution in [3.8, 4) is 0 Å². The first-order chi connectivity index (χ1) is 58.7. The van der Waals surface area contributed by atoms with Crippen molar-refractivity contribution < 1.29 is 98.5 Å². The number of aromatic nitrogens is 6. The van der Waals surface area contributed by atoms with Crippen LogP contribution < -0.4 is 43.2 Å². The summed E-state index contributed by atoms with van der Waals surface area (Å²) in [4.78, 5) is 149. The molecule has 0 spiro atoms. The van der Waals surface area contributed by atoms with Gasteiger partial charge in [-0.15, -0.1) is 0 Å². The molecule has 4 N–H and O–H groups in total. The summed E-state index contributed by atoms with van der Waals surface area (Å²) in [6.07, 6.45) is 4.85.